The second kappa shape index (κ2) is 5.59. The summed E-state index contributed by atoms with van der Waals surface area (Å²) in [6, 6.07) is 7.54. The van der Waals surface area contributed by atoms with Crippen molar-refractivity contribution in [1.82, 2.24) is 15.0 Å². The van der Waals surface area contributed by atoms with Crippen LogP contribution in [-0.4, -0.2) is 15.0 Å². The first kappa shape index (κ1) is 11.8. The number of hydrogen-bond donors (Lipinski definition) is 1. The normalized spacial score (nSPS) is 10.2. The van der Waals surface area contributed by atoms with Gasteiger partial charge in [-0.1, -0.05) is 24.6 Å². The molecule has 4 nitrogen and oxygen atoms in total. The molecule has 88 valence electrons. The van der Waals surface area contributed by atoms with Gasteiger partial charge in [0, 0.05) is 11.9 Å². The van der Waals surface area contributed by atoms with Crippen molar-refractivity contribution in [2.45, 2.75) is 19.9 Å². The summed E-state index contributed by atoms with van der Waals surface area (Å²) in [5, 5.41) is 3.57. The zero-order chi connectivity index (χ0) is 12.1. The summed E-state index contributed by atoms with van der Waals surface area (Å²) in [4.78, 5) is 12.7. The second-order valence-corrected chi connectivity index (χ2v) is 3.92. The molecule has 0 bridgehead atoms. The van der Waals surface area contributed by atoms with E-state index in [-0.39, 0.29) is 0 Å². The van der Waals surface area contributed by atoms with Gasteiger partial charge < -0.3 is 5.32 Å². The van der Waals surface area contributed by atoms with Crippen molar-refractivity contribution in [3.8, 4) is 0 Å². The van der Waals surface area contributed by atoms with Crippen molar-refractivity contribution in [2.24, 2.45) is 0 Å². The molecule has 0 saturated heterocycles. The lowest BCUT2D eigenvalue weighted by Gasteiger charge is -2.06. The van der Waals surface area contributed by atoms with Crippen LogP contribution in [0.3, 0.4) is 0 Å². The van der Waals surface area contributed by atoms with Crippen LogP contribution in [-0.2, 0) is 13.0 Å². The first-order valence-electron chi connectivity index (χ1n) is 5.45. The van der Waals surface area contributed by atoms with E-state index in [1.165, 1.54) is 0 Å². The molecule has 2 aromatic rings. The van der Waals surface area contributed by atoms with Gasteiger partial charge in [-0.2, -0.15) is 0 Å². The number of aromatic nitrogens is 3. The standard InChI is InChI=1S/C12H13ClN4/c1-2-9-7-11(13)17-12(16-9)15-8-10-5-3-4-6-14-10/h3-7H,2,8H2,1H3,(H,15,16,17). The highest BCUT2D eigenvalue weighted by molar-refractivity contribution is 6.29. The van der Waals surface area contributed by atoms with Crippen LogP contribution in [0.25, 0.3) is 0 Å². The Balaban J connectivity index is 2.06. The van der Waals surface area contributed by atoms with E-state index in [0.29, 0.717) is 17.6 Å². The quantitative estimate of drug-likeness (QED) is 0.846. The van der Waals surface area contributed by atoms with Gasteiger partial charge in [-0.3, -0.25) is 4.98 Å². The summed E-state index contributed by atoms with van der Waals surface area (Å²) in [5.41, 5.74) is 1.86. The summed E-state index contributed by atoms with van der Waals surface area (Å²) in [5.74, 6) is 0.542. The predicted molar refractivity (Wildman–Crippen MR) is 68.0 cm³/mol. The molecule has 0 aliphatic heterocycles. The Bertz CT molecular complexity index is 487. The SMILES string of the molecule is CCc1cc(Cl)nc(NCc2ccccn2)n1. The number of nitrogens with one attached hydrogen (secondary N) is 1. The van der Waals surface area contributed by atoms with Crippen LogP contribution < -0.4 is 5.32 Å². The summed E-state index contributed by atoms with van der Waals surface area (Å²) in [6.07, 6.45) is 2.59. The smallest absolute Gasteiger partial charge is 0.224 e. The Morgan fingerprint density at radius 1 is 1.24 bits per heavy atom. The van der Waals surface area contributed by atoms with Crippen LogP contribution in [0.15, 0.2) is 30.5 Å². The lowest BCUT2D eigenvalue weighted by Crippen LogP contribution is -2.06. The summed E-state index contributed by atoms with van der Waals surface area (Å²) < 4.78 is 0. The summed E-state index contributed by atoms with van der Waals surface area (Å²) >= 11 is 5.90. The molecule has 0 fully saturated rings. The van der Waals surface area contributed by atoms with Crippen molar-refractivity contribution >= 4 is 17.5 Å². The van der Waals surface area contributed by atoms with Crippen molar-refractivity contribution in [2.75, 3.05) is 5.32 Å². The molecule has 0 aliphatic rings. The second-order valence-electron chi connectivity index (χ2n) is 3.53. The largest absolute Gasteiger partial charge is 0.349 e. The molecule has 5 heteroatoms. The van der Waals surface area contributed by atoms with Crippen molar-refractivity contribution < 1.29 is 0 Å². The number of anilines is 1. The predicted octanol–water partition coefficient (Wildman–Crippen LogP) is 2.70. The lowest BCUT2D eigenvalue weighted by molar-refractivity contribution is 0.958. The number of hydrogen-bond acceptors (Lipinski definition) is 4. The third-order valence-corrected chi connectivity index (χ3v) is 2.46. The molecule has 17 heavy (non-hydrogen) atoms. The highest BCUT2D eigenvalue weighted by Crippen LogP contribution is 2.11. The Labute approximate surface area is 105 Å². The zero-order valence-corrected chi connectivity index (χ0v) is 10.3. The van der Waals surface area contributed by atoms with E-state index in [1.54, 1.807) is 12.3 Å². The topological polar surface area (TPSA) is 50.7 Å². The van der Waals surface area contributed by atoms with Gasteiger partial charge >= 0.3 is 0 Å². The molecular weight excluding hydrogens is 236 g/mol. The minimum Gasteiger partial charge on any atom is -0.349 e. The van der Waals surface area contributed by atoms with E-state index in [2.05, 4.69) is 20.3 Å². The maximum atomic E-state index is 5.90. The average Bonchev–Trinajstić information content (AvgIpc) is 2.37. The first-order chi connectivity index (χ1) is 8.28. The molecule has 0 aromatic carbocycles. The van der Waals surface area contributed by atoms with Crippen LogP contribution in [0.5, 0.6) is 0 Å². The molecule has 0 radical (unpaired) electrons. The molecule has 0 saturated carbocycles. The van der Waals surface area contributed by atoms with E-state index in [4.69, 9.17) is 11.6 Å². The monoisotopic (exact) mass is 248 g/mol. The third-order valence-electron chi connectivity index (χ3n) is 2.26. The van der Waals surface area contributed by atoms with Gasteiger partial charge in [0.1, 0.15) is 5.15 Å². The van der Waals surface area contributed by atoms with E-state index >= 15 is 0 Å². The van der Waals surface area contributed by atoms with Gasteiger partial charge in [-0.25, -0.2) is 9.97 Å². The van der Waals surface area contributed by atoms with Crippen LogP contribution in [0.4, 0.5) is 5.95 Å². The maximum Gasteiger partial charge on any atom is 0.224 e. The number of aryl methyl sites for hydroxylation is 1. The Morgan fingerprint density at radius 2 is 2.12 bits per heavy atom. The maximum absolute atomic E-state index is 5.90. The van der Waals surface area contributed by atoms with E-state index in [0.717, 1.165) is 17.8 Å². The van der Waals surface area contributed by atoms with Crippen molar-refractivity contribution in [3.63, 3.8) is 0 Å². The van der Waals surface area contributed by atoms with Gasteiger partial charge in [0.25, 0.3) is 0 Å². The molecule has 0 unspecified atom stereocenters. The van der Waals surface area contributed by atoms with Crippen LogP contribution >= 0.6 is 11.6 Å². The highest BCUT2D eigenvalue weighted by atomic mass is 35.5. The number of nitrogens with zero attached hydrogens (tertiary/aromatic N) is 3. The van der Waals surface area contributed by atoms with E-state index in [1.807, 2.05) is 25.1 Å². The summed E-state index contributed by atoms with van der Waals surface area (Å²) in [7, 11) is 0. The van der Waals surface area contributed by atoms with E-state index < -0.39 is 0 Å². The Morgan fingerprint density at radius 3 is 2.82 bits per heavy atom. The van der Waals surface area contributed by atoms with Crippen LogP contribution in [0.2, 0.25) is 5.15 Å². The molecule has 0 amide bonds. The number of pyridine rings is 1. The Kier molecular flexibility index (Phi) is 3.88. The molecule has 1 N–H and O–H groups in total. The fraction of sp³-hybridized carbons (Fsp3) is 0.250. The third kappa shape index (κ3) is 3.39. The minimum atomic E-state index is 0.459. The molecule has 2 aromatic heterocycles. The Hall–Kier alpha value is -1.68. The van der Waals surface area contributed by atoms with E-state index in [9.17, 15) is 0 Å². The van der Waals surface area contributed by atoms with Gasteiger partial charge in [0.05, 0.1) is 12.2 Å². The summed E-state index contributed by atoms with van der Waals surface area (Å²) in [6.45, 7) is 2.62. The molecule has 0 atom stereocenters. The molecule has 0 aliphatic carbocycles. The van der Waals surface area contributed by atoms with Crippen molar-refractivity contribution in [1.29, 1.82) is 0 Å². The molecular formula is C12H13ClN4. The highest BCUT2D eigenvalue weighted by Gasteiger charge is 2.02. The van der Waals surface area contributed by atoms with Gasteiger partial charge in [0.2, 0.25) is 5.95 Å². The lowest BCUT2D eigenvalue weighted by atomic mass is 10.3. The number of halogens is 1. The zero-order valence-electron chi connectivity index (χ0n) is 9.52. The molecule has 2 rings (SSSR count). The molecule has 0 spiro atoms. The fourth-order valence-electron chi connectivity index (χ4n) is 1.40. The fourth-order valence-corrected chi connectivity index (χ4v) is 1.60. The van der Waals surface area contributed by atoms with Gasteiger partial charge in [-0.15, -0.1) is 0 Å². The van der Waals surface area contributed by atoms with Crippen molar-refractivity contribution in [3.05, 3.63) is 47.0 Å². The van der Waals surface area contributed by atoms with Gasteiger partial charge in [-0.05, 0) is 24.6 Å². The molecule has 2 heterocycles. The van der Waals surface area contributed by atoms with Crippen LogP contribution in [0.1, 0.15) is 18.3 Å². The first-order valence-corrected chi connectivity index (χ1v) is 5.83. The average molecular weight is 249 g/mol. The number of rotatable bonds is 4. The minimum absolute atomic E-state index is 0.459. The van der Waals surface area contributed by atoms with Gasteiger partial charge in [0.15, 0.2) is 0 Å². The van der Waals surface area contributed by atoms with Crippen LogP contribution in [0, 0.1) is 0 Å².